The molecule has 0 radical (unpaired) electrons. The van der Waals surface area contributed by atoms with Crippen LogP contribution in [-0.4, -0.2) is 18.4 Å². The predicted molar refractivity (Wildman–Crippen MR) is 122 cm³/mol. The summed E-state index contributed by atoms with van der Waals surface area (Å²) in [7, 11) is 0. The van der Waals surface area contributed by atoms with Gasteiger partial charge in [0.25, 0.3) is 5.91 Å². The molecule has 0 aliphatic rings. The molecule has 3 aromatic carbocycles. The van der Waals surface area contributed by atoms with Crippen LogP contribution in [0.3, 0.4) is 0 Å². The lowest BCUT2D eigenvalue weighted by molar-refractivity contribution is -0.114. The highest BCUT2D eigenvalue weighted by Gasteiger charge is 2.12. The summed E-state index contributed by atoms with van der Waals surface area (Å²) in [6.07, 6.45) is 0. The van der Waals surface area contributed by atoms with E-state index >= 15 is 0 Å². The zero-order chi connectivity index (χ0) is 21.5. The molecule has 0 saturated carbocycles. The van der Waals surface area contributed by atoms with Gasteiger partial charge in [0.15, 0.2) is 0 Å². The molecule has 3 N–H and O–H groups in total. The van der Waals surface area contributed by atoms with E-state index in [9.17, 15) is 9.59 Å². The number of carbonyl (C=O) groups is 2. The fourth-order valence-corrected chi connectivity index (χ4v) is 3.31. The second-order valence-corrected chi connectivity index (χ2v) is 7.46. The summed E-state index contributed by atoms with van der Waals surface area (Å²) in [6, 6.07) is 22.8. The third-order valence-corrected chi connectivity index (χ3v) is 4.73. The summed E-state index contributed by atoms with van der Waals surface area (Å²) in [5, 5.41) is 8.98. The Bertz CT molecular complexity index is 1010. The predicted octanol–water partition coefficient (Wildman–Crippen LogP) is 4.85. The lowest BCUT2D eigenvalue weighted by Gasteiger charge is -2.15. The maximum absolute atomic E-state index is 12.6. The Morgan fingerprint density at radius 2 is 1.53 bits per heavy atom. The molecule has 3 aromatic rings. The Labute approximate surface area is 177 Å². The van der Waals surface area contributed by atoms with E-state index < -0.39 is 0 Å². The third kappa shape index (κ3) is 5.95. The molecule has 0 heterocycles. The van der Waals surface area contributed by atoms with Gasteiger partial charge in [-0.15, -0.1) is 0 Å². The van der Waals surface area contributed by atoms with Crippen molar-refractivity contribution in [2.24, 2.45) is 0 Å². The summed E-state index contributed by atoms with van der Waals surface area (Å²) in [4.78, 5) is 24.9. The minimum absolute atomic E-state index is 0.0983. The maximum Gasteiger partial charge on any atom is 0.251 e. The van der Waals surface area contributed by atoms with E-state index in [0.29, 0.717) is 11.3 Å². The van der Waals surface area contributed by atoms with Crippen LogP contribution in [0, 0.1) is 13.8 Å². The lowest BCUT2D eigenvalue weighted by atomic mass is 10.1. The molecular formula is C25H27N3O2. The average molecular weight is 402 g/mol. The van der Waals surface area contributed by atoms with Crippen molar-refractivity contribution < 1.29 is 9.59 Å². The number of nitrogens with one attached hydrogen (secondary N) is 3. The first-order valence-electron chi connectivity index (χ1n) is 9.98. The molecule has 154 valence electrons. The van der Waals surface area contributed by atoms with E-state index in [1.165, 1.54) is 0 Å². The Balaban J connectivity index is 1.57. The minimum Gasteiger partial charge on any atom is -0.376 e. The van der Waals surface area contributed by atoms with Crippen molar-refractivity contribution in [1.29, 1.82) is 0 Å². The number of hydrogen-bond donors (Lipinski definition) is 3. The number of anilines is 2. The van der Waals surface area contributed by atoms with E-state index in [0.717, 1.165) is 22.4 Å². The van der Waals surface area contributed by atoms with Gasteiger partial charge in [-0.25, -0.2) is 0 Å². The van der Waals surface area contributed by atoms with Crippen molar-refractivity contribution in [3.05, 3.63) is 95.1 Å². The number of aryl methyl sites for hydroxylation is 2. The molecule has 0 aliphatic carbocycles. The van der Waals surface area contributed by atoms with Crippen LogP contribution in [0.1, 0.15) is 40.0 Å². The first kappa shape index (κ1) is 21.1. The number of carbonyl (C=O) groups excluding carboxylic acids is 2. The molecule has 0 bridgehead atoms. The summed E-state index contributed by atoms with van der Waals surface area (Å²) in [5.41, 5.74) is 5.28. The third-order valence-electron chi connectivity index (χ3n) is 4.73. The first-order chi connectivity index (χ1) is 14.4. The number of rotatable bonds is 7. The van der Waals surface area contributed by atoms with Gasteiger partial charge < -0.3 is 16.0 Å². The van der Waals surface area contributed by atoms with Crippen LogP contribution in [0.4, 0.5) is 11.4 Å². The van der Waals surface area contributed by atoms with Crippen LogP contribution in [0.25, 0.3) is 0 Å². The van der Waals surface area contributed by atoms with Crippen LogP contribution in [-0.2, 0) is 4.79 Å². The van der Waals surface area contributed by atoms with Gasteiger partial charge in [0.1, 0.15) is 0 Å². The van der Waals surface area contributed by atoms with Crippen LogP contribution < -0.4 is 16.0 Å². The highest BCUT2D eigenvalue weighted by atomic mass is 16.2. The standard InChI is InChI=1S/C25H27N3O2/c1-17-12-18(2)14-23(13-17)28-24(29)16-26-22-11-7-10-21(15-22)25(30)27-19(3)20-8-5-4-6-9-20/h4-15,19,26H,16H2,1-3H3,(H,27,30)(H,28,29). The van der Waals surface area contributed by atoms with Crippen LogP contribution in [0.5, 0.6) is 0 Å². The molecule has 0 fully saturated rings. The maximum atomic E-state index is 12.6. The quantitative estimate of drug-likeness (QED) is 0.530. The molecule has 30 heavy (non-hydrogen) atoms. The highest BCUT2D eigenvalue weighted by molar-refractivity contribution is 5.96. The van der Waals surface area contributed by atoms with Gasteiger partial charge in [-0.05, 0) is 67.8 Å². The van der Waals surface area contributed by atoms with Crippen molar-refractivity contribution >= 4 is 23.2 Å². The SMILES string of the molecule is Cc1cc(C)cc(NC(=O)CNc2cccc(C(=O)NC(C)c3ccccc3)c2)c1. The van der Waals surface area contributed by atoms with Gasteiger partial charge in [0.05, 0.1) is 12.6 Å². The number of amides is 2. The van der Waals surface area contributed by atoms with Gasteiger partial charge in [-0.3, -0.25) is 9.59 Å². The molecule has 1 unspecified atom stereocenters. The Morgan fingerprint density at radius 1 is 0.833 bits per heavy atom. The summed E-state index contributed by atoms with van der Waals surface area (Å²) in [6.45, 7) is 6.05. The zero-order valence-corrected chi connectivity index (χ0v) is 17.5. The average Bonchev–Trinajstić information content (AvgIpc) is 2.72. The molecule has 2 amide bonds. The Morgan fingerprint density at radius 3 is 2.23 bits per heavy atom. The Kier molecular flexibility index (Phi) is 6.86. The first-order valence-corrected chi connectivity index (χ1v) is 9.98. The summed E-state index contributed by atoms with van der Waals surface area (Å²) >= 11 is 0. The van der Waals surface area contributed by atoms with E-state index in [-0.39, 0.29) is 24.4 Å². The zero-order valence-electron chi connectivity index (χ0n) is 17.5. The van der Waals surface area contributed by atoms with E-state index in [1.54, 1.807) is 18.2 Å². The topological polar surface area (TPSA) is 70.2 Å². The van der Waals surface area contributed by atoms with E-state index in [2.05, 4.69) is 22.0 Å². The van der Waals surface area contributed by atoms with Crippen molar-refractivity contribution in [2.45, 2.75) is 26.8 Å². The van der Waals surface area contributed by atoms with Gasteiger partial charge in [-0.1, -0.05) is 42.5 Å². The van der Waals surface area contributed by atoms with Crippen LogP contribution in [0.2, 0.25) is 0 Å². The Hall–Kier alpha value is -3.60. The molecule has 0 spiro atoms. The van der Waals surface area contributed by atoms with E-state index in [4.69, 9.17) is 0 Å². The molecule has 3 rings (SSSR count). The molecule has 5 nitrogen and oxygen atoms in total. The van der Waals surface area contributed by atoms with Gasteiger partial charge in [0.2, 0.25) is 5.91 Å². The monoisotopic (exact) mass is 401 g/mol. The number of benzene rings is 3. The van der Waals surface area contributed by atoms with E-state index in [1.807, 2.05) is 69.3 Å². The smallest absolute Gasteiger partial charge is 0.251 e. The van der Waals surface area contributed by atoms with Gasteiger partial charge in [0, 0.05) is 16.9 Å². The molecular weight excluding hydrogens is 374 g/mol. The van der Waals surface area contributed by atoms with Crippen molar-refractivity contribution in [3.8, 4) is 0 Å². The largest absolute Gasteiger partial charge is 0.376 e. The molecule has 0 aromatic heterocycles. The van der Waals surface area contributed by atoms with Gasteiger partial charge >= 0.3 is 0 Å². The second kappa shape index (κ2) is 9.74. The summed E-state index contributed by atoms with van der Waals surface area (Å²) < 4.78 is 0. The fourth-order valence-electron chi connectivity index (χ4n) is 3.31. The lowest BCUT2D eigenvalue weighted by Crippen LogP contribution is -2.26. The molecule has 1 atom stereocenters. The second-order valence-electron chi connectivity index (χ2n) is 7.46. The van der Waals surface area contributed by atoms with Crippen molar-refractivity contribution in [3.63, 3.8) is 0 Å². The van der Waals surface area contributed by atoms with Crippen molar-refractivity contribution in [2.75, 3.05) is 17.2 Å². The van der Waals surface area contributed by atoms with Gasteiger partial charge in [-0.2, -0.15) is 0 Å². The fraction of sp³-hybridized carbons (Fsp3) is 0.200. The molecule has 0 aliphatic heterocycles. The van der Waals surface area contributed by atoms with Crippen molar-refractivity contribution in [1.82, 2.24) is 5.32 Å². The van der Waals surface area contributed by atoms with Crippen LogP contribution in [0.15, 0.2) is 72.8 Å². The normalized spacial score (nSPS) is 11.4. The summed E-state index contributed by atoms with van der Waals surface area (Å²) in [5.74, 6) is -0.303. The highest BCUT2D eigenvalue weighted by Crippen LogP contribution is 2.16. The van der Waals surface area contributed by atoms with Crippen LogP contribution >= 0.6 is 0 Å². The molecule has 5 heteroatoms. The molecule has 0 saturated heterocycles. The number of hydrogen-bond acceptors (Lipinski definition) is 3. The minimum atomic E-state index is -0.158.